The van der Waals surface area contributed by atoms with Crippen LogP contribution in [0.3, 0.4) is 0 Å². The highest BCUT2D eigenvalue weighted by Gasteiger charge is 2.36. The van der Waals surface area contributed by atoms with Crippen LogP contribution in [0.2, 0.25) is 0 Å². The van der Waals surface area contributed by atoms with E-state index in [0.29, 0.717) is 5.41 Å². The van der Waals surface area contributed by atoms with Gasteiger partial charge in [-0.05, 0) is 30.6 Å². The lowest BCUT2D eigenvalue weighted by molar-refractivity contribution is 0.124. The van der Waals surface area contributed by atoms with E-state index in [4.69, 9.17) is 0 Å². The van der Waals surface area contributed by atoms with Crippen LogP contribution in [0.4, 0.5) is 0 Å². The van der Waals surface area contributed by atoms with Crippen molar-refractivity contribution in [3.05, 3.63) is 12.2 Å². The number of allylic oxidation sites excluding steroid dienone is 2. The van der Waals surface area contributed by atoms with E-state index < -0.39 is 0 Å². The summed E-state index contributed by atoms with van der Waals surface area (Å²) in [5.74, 6) is 0.912. The molecule has 2 atom stereocenters. The molecule has 1 saturated carbocycles. The third kappa shape index (κ3) is 1.25. The molecule has 1 fully saturated rings. The van der Waals surface area contributed by atoms with Gasteiger partial charge in [0.15, 0.2) is 0 Å². The summed E-state index contributed by atoms with van der Waals surface area (Å²) in [4.78, 5) is 0. The van der Waals surface area contributed by atoms with E-state index in [-0.39, 0.29) is 0 Å². The molecular weight excluding hydrogens is 120 g/mol. The summed E-state index contributed by atoms with van der Waals surface area (Å²) in [6.07, 6.45) is 8.70. The van der Waals surface area contributed by atoms with E-state index in [2.05, 4.69) is 32.9 Å². The van der Waals surface area contributed by atoms with Crippen molar-refractivity contribution in [3.8, 4) is 0 Å². The van der Waals surface area contributed by atoms with Crippen molar-refractivity contribution < 1.29 is 0 Å². The predicted octanol–water partition coefficient (Wildman–Crippen LogP) is 3.39. The van der Waals surface area contributed by atoms with Gasteiger partial charge >= 0.3 is 0 Å². The molecule has 58 valence electrons. The first-order chi connectivity index (χ1) is 4.69. The van der Waals surface area contributed by atoms with Crippen LogP contribution in [0.25, 0.3) is 0 Å². The first-order valence-electron chi connectivity index (χ1n) is 4.37. The Morgan fingerprint density at radius 1 is 1.60 bits per heavy atom. The van der Waals surface area contributed by atoms with E-state index in [0.717, 1.165) is 5.92 Å². The quantitative estimate of drug-likeness (QED) is 0.513. The summed E-state index contributed by atoms with van der Waals surface area (Å²) in [6, 6.07) is 0. The molecule has 0 saturated heterocycles. The SMILES string of the molecule is CCC=CC1(C)CCC1C. The van der Waals surface area contributed by atoms with Gasteiger partial charge in [0.2, 0.25) is 0 Å². The van der Waals surface area contributed by atoms with Crippen molar-refractivity contribution >= 4 is 0 Å². The summed E-state index contributed by atoms with van der Waals surface area (Å²) < 4.78 is 0. The average Bonchev–Trinajstić information content (AvgIpc) is 1.97. The van der Waals surface area contributed by atoms with Gasteiger partial charge in [0.25, 0.3) is 0 Å². The van der Waals surface area contributed by atoms with Crippen molar-refractivity contribution in [1.29, 1.82) is 0 Å². The molecule has 0 amide bonds. The molecule has 0 aliphatic heterocycles. The first-order valence-corrected chi connectivity index (χ1v) is 4.37. The Labute approximate surface area is 64.3 Å². The standard InChI is InChI=1S/C10H18/c1-4-5-7-10(3)8-6-9(10)2/h5,7,9H,4,6,8H2,1-3H3. The summed E-state index contributed by atoms with van der Waals surface area (Å²) in [5.41, 5.74) is 0.552. The maximum absolute atomic E-state index is 2.40. The average molecular weight is 138 g/mol. The number of hydrogen-bond acceptors (Lipinski definition) is 0. The second-order valence-electron chi connectivity index (χ2n) is 3.76. The molecular formula is C10H18. The smallest absolute Gasteiger partial charge is 0.0121 e. The monoisotopic (exact) mass is 138 g/mol. The van der Waals surface area contributed by atoms with E-state index in [1.165, 1.54) is 19.3 Å². The molecule has 0 spiro atoms. The Morgan fingerprint density at radius 3 is 2.60 bits per heavy atom. The van der Waals surface area contributed by atoms with Gasteiger partial charge in [-0.1, -0.05) is 32.9 Å². The van der Waals surface area contributed by atoms with E-state index in [9.17, 15) is 0 Å². The minimum absolute atomic E-state index is 0.552. The topological polar surface area (TPSA) is 0 Å². The normalized spacial score (nSPS) is 40.1. The molecule has 0 aromatic heterocycles. The summed E-state index contributed by atoms with van der Waals surface area (Å²) >= 11 is 0. The van der Waals surface area contributed by atoms with Gasteiger partial charge < -0.3 is 0 Å². The van der Waals surface area contributed by atoms with Crippen LogP contribution < -0.4 is 0 Å². The lowest BCUT2D eigenvalue weighted by Crippen LogP contribution is -2.33. The summed E-state index contributed by atoms with van der Waals surface area (Å²) in [5, 5.41) is 0. The second kappa shape index (κ2) is 2.77. The molecule has 0 N–H and O–H groups in total. The Kier molecular flexibility index (Phi) is 2.18. The van der Waals surface area contributed by atoms with Crippen molar-refractivity contribution in [2.45, 2.75) is 40.0 Å². The summed E-state index contributed by atoms with van der Waals surface area (Å²) in [6.45, 7) is 6.92. The van der Waals surface area contributed by atoms with Crippen LogP contribution >= 0.6 is 0 Å². The maximum atomic E-state index is 2.40. The molecule has 0 heterocycles. The van der Waals surface area contributed by atoms with Crippen LogP contribution in [-0.2, 0) is 0 Å². The molecule has 1 rings (SSSR count). The highest BCUT2D eigenvalue weighted by molar-refractivity contribution is 5.05. The van der Waals surface area contributed by atoms with Gasteiger partial charge in [0.05, 0.1) is 0 Å². The molecule has 1 aliphatic carbocycles. The zero-order valence-corrected chi connectivity index (χ0v) is 7.35. The fourth-order valence-corrected chi connectivity index (χ4v) is 1.52. The van der Waals surface area contributed by atoms with Gasteiger partial charge in [-0.15, -0.1) is 0 Å². The van der Waals surface area contributed by atoms with Crippen molar-refractivity contribution in [2.75, 3.05) is 0 Å². The van der Waals surface area contributed by atoms with Crippen LogP contribution in [0.1, 0.15) is 40.0 Å². The molecule has 0 bridgehead atoms. The molecule has 2 unspecified atom stereocenters. The highest BCUT2D eigenvalue weighted by Crippen LogP contribution is 2.47. The lowest BCUT2D eigenvalue weighted by Gasteiger charge is -2.43. The Morgan fingerprint density at radius 2 is 2.30 bits per heavy atom. The fraction of sp³-hybridized carbons (Fsp3) is 0.800. The van der Waals surface area contributed by atoms with E-state index in [1.807, 2.05) is 0 Å². The van der Waals surface area contributed by atoms with Crippen LogP contribution in [0.5, 0.6) is 0 Å². The fourth-order valence-electron chi connectivity index (χ4n) is 1.52. The predicted molar refractivity (Wildman–Crippen MR) is 45.9 cm³/mol. The van der Waals surface area contributed by atoms with E-state index >= 15 is 0 Å². The van der Waals surface area contributed by atoms with Gasteiger partial charge in [0, 0.05) is 0 Å². The van der Waals surface area contributed by atoms with Crippen LogP contribution in [0, 0.1) is 11.3 Å². The highest BCUT2D eigenvalue weighted by atomic mass is 14.4. The maximum Gasteiger partial charge on any atom is -0.0121 e. The van der Waals surface area contributed by atoms with Gasteiger partial charge in [-0.3, -0.25) is 0 Å². The first kappa shape index (κ1) is 7.84. The molecule has 0 aromatic carbocycles. The van der Waals surface area contributed by atoms with Crippen LogP contribution in [0.15, 0.2) is 12.2 Å². The Bertz CT molecular complexity index is 135. The molecule has 0 nitrogen and oxygen atoms in total. The summed E-state index contributed by atoms with van der Waals surface area (Å²) in [7, 11) is 0. The zero-order valence-electron chi connectivity index (χ0n) is 7.35. The zero-order chi connectivity index (χ0) is 7.61. The van der Waals surface area contributed by atoms with Crippen molar-refractivity contribution in [3.63, 3.8) is 0 Å². The van der Waals surface area contributed by atoms with Gasteiger partial charge in [-0.25, -0.2) is 0 Å². The Hall–Kier alpha value is -0.260. The molecule has 1 aliphatic rings. The van der Waals surface area contributed by atoms with Crippen LogP contribution in [-0.4, -0.2) is 0 Å². The van der Waals surface area contributed by atoms with Crippen molar-refractivity contribution in [2.24, 2.45) is 11.3 Å². The lowest BCUT2D eigenvalue weighted by atomic mass is 9.62. The van der Waals surface area contributed by atoms with Gasteiger partial charge in [-0.2, -0.15) is 0 Å². The molecule has 0 heteroatoms. The number of hydrogen-bond donors (Lipinski definition) is 0. The Balaban J connectivity index is 2.45. The van der Waals surface area contributed by atoms with E-state index in [1.54, 1.807) is 0 Å². The largest absolute Gasteiger partial charge is 0.0883 e. The third-order valence-electron chi connectivity index (χ3n) is 2.98. The molecule has 0 aromatic rings. The second-order valence-corrected chi connectivity index (χ2v) is 3.76. The molecule has 10 heavy (non-hydrogen) atoms. The van der Waals surface area contributed by atoms with Crippen molar-refractivity contribution in [1.82, 2.24) is 0 Å². The van der Waals surface area contributed by atoms with Gasteiger partial charge in [0.1, 0.15) is 0 Å². The third-order valence-corrected chi connectivity index (χ3v) is 2.98. The number of rotatable bonds is 2. The minimum atomic E-state index is 0.552. The molecule has 0 radical (unpaired) electrons. The minimum Gasteiger partial charge on any atom is -0.0883 e.